The summed E-state index contributed by atoms with van der Waals surface area (Å²) in [5, 5.41) is 11.3. The van der Waals surface area contributed by atoms with Crippen LogP contribution < -0.4 is 5.32 Å². The summed E-state index contributed by atoms with van der Waals surface area (Å²) in [6, 6.07) is 6.09. The molecule has 2 aromatic rings. The van der Waals surface area contributed by atoms with Crippen LogP contribution in [0.15, 0.2) is 24.4 Å². The molecule has 13 heavy (non-hydrogen) atoms. The van der Waals surface area contributed by atoms with Gasteiger partial charge >= 0.3 is 0 Å². The summed E-state index contributed by atoms with van der Waals surface area (Å²) in [5.41, 5.74) is 0.889. The van der Waals surface area contributed by atoms with Crippen LogP contribution in [-0.4, -0.2) is 21.6 Å². The van der Waals surface area contributed by atoms with Gasteiger partial charge in [0.25, 0.3) is 0 Å². The van der Waals surface area contributed by atoms with Crippen LogP contribution in [0, 0.1) is 0 Å². The van der Waals surface area contributed by atoms with Crippen LogP contribution in [0.25, 0.3) is 5.65 Å². The van der Waals surface area contributed by atoms with E-state index in [0.29, 0.717) is 0 Å². The molecule has 0 amide bonds. The molecule has 0 aliphatic rings. The molecule has 0 saturated carbocycles. The van der Waals surface area contributed by atoms with E-state index in [4.69, 9.17) is 0 Å². The number of fused-ring (bicyclic) bond motifs is 1. The van der Waals surface area contributed by atoms with Crippen molar-refractivity contribution in [2.45, 2.75) is 13.0 Å². The lowest BCUT2D eigenvalue weighted by Crippen LogP contribution is -2.15. The zero-order valence-electron chi connectivity index (χ0n) is 7.73. The van der Waals surface area contributed by atoms with Crippen molar-refractivity contribution in [1.82, 2.24) is 19.9 Å². The highest BCUT2D eigenvalue weighted by Crippen LogP contribution is 2.10. The van der Waals surface area contributed by atoms with Crippen LogP contribution in [0.4, 0.5) is 0 Å². The summed E-state index contributed by atoms with van der Waals surface area (Å²) in [6.07, 6.45) is 1.97. The van der Waals surface area contributed by atoms with E-state index in [0.717, 1.165) is 11.5 Å². The summed E-state index contributed by atoms with van der Waals surface area (Å²) < 4.78 is 1.99. The van der Waals surface area contributed by atoms with Crippen LogP contribution in [-0.2, 0) is 0 Å². The van der Waals surface area contributed by atoms with Crippen LogP contribution in [0.5, 0.6) is 0 Å². The molecule has 4 heteroatoms. The smallest absolute Gasteiger partial charge is 0.160 e. The number of hydrogen-bond acceptors (Lipinski definition) is 3. The molecule has 1 atom stereocenters. The van der Waals surface area contributed by atoms with Crippen LogP contribution in [0.3, 0.4) is 0 Å². The van der Waals surface area contributed by atoms with E-state index in [2.05, 4.69) is 22.4 Å². The highest BCUT2D eigenvalue weighted by atomic mass is 15.3. The molecule has 2 heterocycles. The third-order valence-corrected chi connectivity index (χ3v) is 2.16. The van der Waals surface area contributed by atoms with Gasteiger partial charge < -0.3 is 5.32 Å². The SMILES string of the molecule is CNC(C)c1nnc2ccccn12. The third kappa shape index (κ3) is 1.29. The second-order valence-electron chi connectivity index (χ2n) is 3.00. The van der Waals surface area contributed by atoms with E-state index in [-0.39, 0.29) is 6.04 Å². The molecule has 2 aromatic heterocycles. The first-order valence-corrected chi connectivity index (χ1v) is 4.30. The quantitative estimate of drug-likeness (QED) is 0.742. The third-order valence-electron chi connectivity index (χ3n) is 2.16. The molecule has 1 N–H and O–H groups in total. The van der Waals surface area contributed by atoms with Gasteiger partial charge in [0.1, 0.15) is 0 Å². The Morgan fingerprint density at radius 3 is 3.00 bits per heavy atom. The van der Waals surface area contributed by atoms with Gasteiger partial charge in [0, 0.05) is 6.20 Å². The van der Waals surface area contributed by atoms with Gasteiger partial charge in [-0.15, -0.1) is 10.2 Å². The van der Waals surface area contributed by atoms with Gasteiger partial charge in [0.05, 0.1) is 6.04 Å². The summed E-state index contributed by atoms with van der Waals surface area (Å²) in [4.78, 5) is 0. The number of nitrogens with one attached hydrogen (secondary N) is 1. The first kappa shape index (κ1) is 8.19. The maximum Gasteiger partial charge on any atom is 0.160 e. The molecule has 68 valence electrons. The summed E-state index contributed by atoms with van der Waals surface area (Å²) >= 11 is 0. The first-order chi connectivity index (χ1) is 6.33. The average Bonchev–Trinajstić information content (AvgIpc) is 2.60. The van der Waals surface area contributed by atoms with Crippen LogP contribution in [0.2, 0.25) is 0 Å². The Bertz CT molecular complexity index is 407. The van der Waals surface area contributed by atoms with E-state index in [9.17, 15) is 0 Å². The van der Waals surface area contributed by atoms with Crippen molar-refractivity contribution >= 4 is 5.65 Å². The van der Waals surface area contributed by atoms with E-state index < -0.39 is 0 Å². The van der Waals surface area contributed by atoms with E-state index in [1.54, 1.807) is 0 Å². The number of rotatable bonds is 2. The molecule has 0 bridgehead atoms. The fraction of sp³-hybridized carbons (Fsp3) is 0.333. The topological polar surface area (TPSA) is 42.2 Å². The van der Waals surface area contributed by atoms with E-state index in [1.165, 1.54) is 0 Å². The predicted molar refractivity (Wildman–Crippen MR) is 50.5 cm³/mol. The lowest BCUT2D eigenvalue weighted by atomic mass is 10.3. The number of hydrogen-bond donors (Lipinski definition) is 1. The molecule has 0 aromatic carbocycles. The van der Waals surface area contributed by atoms with Crippen molar-refractivity contribution in [3.63, 3.8) is 0 Å². The Kier molecular flexibility index (Phi) is 1.98. The van der Waals surface area contributed by atoms with Gasteiger partial charge in [0.15, 0.2) is 11.5 Å². The van der Waals surface area contributed by atoms with Crippen molar-refractivity contribution in [1.29, 1.82) is 0 Å². The number of aromatic nitrogens is 3. The zero-order chi connectivity index (χ0) is 9.26. The molecule has 0 aliphatic carbocycles. The van der Waals surface area contributed by atoms with Crippen molar-refractivity contribution in [2.75, 3.05) is 7.05 Å². The summed E-state index contributed by atoms with van der Waals surface area (Å²) in [6.45, 7) is 2.06. The summed E-state index contributed by atoms with van der Waals surface area (Å²) in [7, 11) is 1.91. The van der Waals surface area contributed by atoms with Gasteiger partial charge in [-0.25, -0.2) is 0 Å². The molecule has 0 aliphatic heterocycles. The molecule has 2 rings (SSSR count). The lowest BCUT2D eigenvalue weighted by molar-refractivity contribution is 0.603. The highest BCUT2D eigenvalue weighted by Gasteiger charge is 2.09. The lowest BCUT2D eigenvalue weighted by Gasteiger charge is -2.06. The number of nitrogens with zero attached hydrogens (tertiary/aromatic N) is 3. The summed E-state index contributed by atoms with van der Waals surface area (Å²) in [5.74, 6) is 0.943. The maximum absolute atomic E-state index is 4.12. The molecular formula is C9H12N4. The molecule has 0 fully saturated rings. The minimum absolute atomic E-state index is 0.220. The Morgan fingerprint density at radius 1 is 1.38 bits per heavy atom. The van der Waals surface area contributed by atoms with Crippen molar-refractivity contribution < 1.29 is 0 Å². The normalized spacial score (nSPS) is 13.4. The van der Waals surface area contributed by atoms with Crippen molar-refractivity contribution in [3.8, 4) is 0 Å². The number of pyridine rings is 1. The fourth-order valence-electron chi connectivity index (χ4n) is 1.28. The molecule has 4 nitrogen and oxygen atoms in total. The molecule has 0 radical (unpaired) electrons. The molecule has 1 unspecified atom stereocenters. The van der Waals surface area contributed by atoms with E-state index in [1.807, 2.05) is 35.8 Å². The Balaban J connectivity index is 2.57. The largest absolute Gasteiger partial charge is 0.311 e. The second-order valence-corrected chi connectivity index (χ2v) is 3.00. The molecular weight excluding hydrogens is 164 g/mol. The van der Waals surface area contributed by atoms with Gasteiger partial charge in [0.2, 0.25) is 0 Å². The minimum Gasteiger partial charge on any atom is -0.311 e. The predicted octanol–water partition coefficient (Wildman–Crippen LogP) is 1.01. The maximum atomic E-state index is 4.12. The highest BCUT2D eigenvalue weighted by molar-refractivity contribution is 5.37. The standard InChI is InChI=1S/C9H12N4/c1-7(10-2)9-12-11-8-5-3-4-6-13(8)9/h3-7,10H,1-2H3. The van der Waals surface area contributed by atoms with Crippen molar-refractivity contribution in [3.05, 3.63) is 30.2 Å². The Morgan fingerprint density at radius 2 is 2.23 bits per heavy atom. The molecule has 0 spiro atoms. The van der Waals surface area contributed by atoms with E-state index >= 15 is 0 Å². The minimum atomic E-state index is 0.220. The van der Waals surface area contributed by atoms with Gasteiger partial charge in [-0.3, -0.25) is 4.40 Å². The first-order valence-electron chi connectivity index (χ1n) is 4.30. The average molecular weight is 176 g/mol. The molecule has 0 saturated heterocycles. The van der Waals surface area contributed by atoms with Crippen LogP contribution in [0.1, 0.15) is 18.8 Å². The monoisotopic (exact) mass is 176 g/mol. The zero-order valence-corrected chi connectivity index (χ0v) is 7.73. The van der Waals surface area contributed by atoms with Gasteiger partial charge in [-0.1, -0.05) is 6.07 Å². The van der Waals surface area contributed by atoms with Crippen LogP contribution >= 0.6 is 0 Å². The van der Waals surface area contributed by atoms with Gasteiger partial charge in [-0.2, -0.15) is 0 Å². The second kappa shape index (κ2) is 3.14. The fourth-order valence-corrected chi connectivity index (χ4v) is 1.28. The Hall–Kier alpha value is -1.42. The Labute approximate surface area is 76.6 Å². The van der Waals surface area contributed by atoms with Gasteiger partial charge in [-0.05, 0) is 26.1 Å². The van der Waals surface area contributed by atoms with Crippen molar-refractivity contribution in [2.24, 2.45) is 0 Å².